The fourth-order valence-electron chi connectivity index (χ4n) is 2.25. The maximum Gasteiger partial charge on any atom is 0.250 e. The van der Waals surface area contributed by atoms with Crippen molar-refractivity contribution >= 4 is 11.6 Å². The summed E-state index contributed by atoms with van der Waals surface area (Å²) >= 11 is 5.91. The molecule has 0 radical (unpaired) electrons. The first-order valence-electron chi connectivity index (χ1n) is 5.77. The number of alkyl halides is 1. The summed E-state index contributed by atoms with van der Waals surface area (Å²) in [5.41, 5.74) is 0.0733. The molecule has 2 heterocycles. The van der Waals surface area contributed by atoms with Gasteiger partial charge in [-0.25, -0.2) is 0 Å². The molecule has 1 fully saturated rings. The fraction of sp³-hybridized carbons (Fsp3) is 0.583. The minimum atomic E-state index is 0.0733. The highest BCUT2D eigenvalue weighted by Gasteiger charge is 2.22. The second-order valence-electron chi connectivity index (χ2n) is 4.22. The van der Waals surface area contributed by atoms with E-state index in [0.717, 1.165) is 19.6 Å². The number of nitrogens with zero attached hydrogens (tertiary/aromatic N) is 2. The van der Waals surface area contributed by atoms with Crippen molar-refractivity contribution in [2.45, 2.75) is 25.4 Å². The van der Waals surface area contributed by atoms with Crippen LogP contribution in [0.2, 0.25) is 0 Å². The van der Waals surface area contributed by atoms with Crippen LogP contribution in [0.3, 0.4) is 0 Å². The highest BCUT2D eigenvalue weighted by atomic mass is 35.5. The van der Waals surface area contributed by atoms with Crippen LogP contribution in [0.15, 0.2) is 29.2 Å². The van der Waals surface area contributed by atoms with Gasteiger partial charge in [0.2, 0.25) is 0 Å². The van der Waals surface area contributed by atoms with Crippen LogP contribution in [0.5, 0.6) is 0 Å². The van der Waals surface area contributed by atoms with E-state index in [1.807, 2.05) is 12.3 Å². The highest BCUT2D eigenvalue weighted by molar-refractivity contribution is 6.18. The van der Waals surface area contributed by atoms with E-state index in [0.29, 0.717) is 11.9 Å². The Labute approximate surface area is 101 Å². The van der Waals surface area contributed by atoms with Crippen LogP contribution in [0, 0.1) is 0 Å². The Morgan fingerprint density at radius 2 is 2.25 bits per heavy atom. The van der Waals surface area contributed by atoms with Gasteiger partial charge in [-0.3, -0.25) is 9.69 Å². The average molecular weight is 241 g/mol. The molecule has 0 spiro atoms. The Kier molecular flexibility index (Phi) is 4.02. The van der Waals surface area contributed by atoms with Crippen LogP contribution in [0.4, 0.5) is 0 Å². The molecule has 1 aromatic heterocycles. The molecule has 1 atom stereocenters. The van der Waals surface area contributed by atoms with Crippen LogP contribution in [-0.2, 0) is 6.54 Å². The van der Waals surface area contributed by atoms with Gasteiger partial charge < -0.3 is 4.57 Å². The zero-order valence-electron chi connectivity index (χ0n) is 9.31. The number of hydrogen-bond acceptors (Lipinski definition) is 2. The summed E-state index contributed by atoms with van der Waals surface area (Å²) in [7, 11) is 0. The molecule has 0 amide bonds. The monoisotopic (exact) mass is 240 g/mol. The van der Waals surface area contributed by atoms with Crippen molar-refractivity contribution < 1.29 is 0 Å². The van der Waals surface area contributed by atoms with E-state index >= 15 is 0 Å². The first kappa shape index (κ1) is 11.7. The average Bonchev–Trinajstić information content (AvgIpc) is 2.75. The third-order valence-electron chi connectivity index (χ3n) is 3.20. The molecule has 0 N–H and O–H groups in total. The van der Waals surface area contributed by atoms with Gasteiger partial charge in [0.15, 0.2) is 0 Å². The van der Waals surface area contributed by atoms with Gasteiger partial charge in [0.25, 0.3) is 5.56 Å². The van der Waals surface area contributed by atoms with Crippen molar-refractivity contribution in [2.24, 2.45) is 0 Å². The Bertz CT molecular complexity index is 391. The Morgan fingerprint density at radius 1 is 1.38 bits per heavy atom. The zero-order chi connectivity index (χ0) is 11.4. The van der Waals surface area contributed by atoms with Gasteiger partial charge in [0, 0.05) is 37.3 Å². The molecule has 16 heavy (non-hydrogen) atoms. The summed E-state index contributed by atoms with van der Waals surface area (Å²) < 4.78 is 1.75. The van der Waals surface area contributed by atoms with E-state index < -0.39 is 0 Å². The minimum Gasteiger partial charge on any atom is -0.314 e. The molecular weight excluding hydrogens is 224 g/mol. The maximum absolute atomic E-state index is 11.5. The molecule has 0 saturated carbocycles. The number of pyridine rings is 1. The van der Waals surface area contributed by atoms with Gasteiger partial charge in [0.1, 0.15) is 0 Å². The third kappa shape index (κ3) is 2.66. The first-order valence-corrected chi connectivity index (χ1v) is 6.30. The van der Waals surface area contributed by atoms with Gasteiger partial charge in [-0.05, 0) is 25.5 Å². The van der Waals surface area contributed by atoms with Crippen molar-refractivity contribution in [3.05, 3.63) is 34.7 Å². The van der Waals surface area contributed by atoms with Crippen molar-refractivity contribution in [1.29, 1.82) is 0 Å². The summed E-state index contributed by atoms with van der Waals surface area (Å²) in [6, 6.07) is 5.77. The Balaban J connectivity index is 1.92. The second-order valence-corrected chi connectivity index (χ2v) is 4.53. The van der Waals surface area contributed by atoms with Gasteiger partial charge in [-0.1, -0.05) is 6.07 Å². The smallest absolute Gasteiger partial charge is 0.250 e. The van der Waals surface area contributed by atoms with Crippen LogP contribution < -0.4 is 5.56 Å². The first-order chi connectivity index (χ1) is 7.81. The lowest BCUT2D eigenvalue weighted by Gasteiger charge is -2.22. The number of likely N-dealkylation sites (tertiary alicyclic amines) is 1. The predicted molar refractivity (Wildman–Crippen MR) is 66.0 cm³/mol. The molecule has 1 unspecified atom stereocenters. The standard InChI is InChI=1S/C12H17ClN2O/c13-10-11-4-3-7-14(11)8-9-15-6-2-1-5-12(15)16/h1-2,5-6,11H,3-4,7-10H2. The summed E-state index contributed by atoms with van der Waals surface area (Å²) in [4.78, 5) is 13.9. The SMILES string of the molecule is O=c1ccccn1CCN1CCCC1CCl. The molecule has 1 aliphatic heterocycles. The zero-order valence-corrected chi connectivity index (χ0v) is 10.1. The maximum atomic E-state index is 11.5. The lowest BCUT2D eigenvalue weighted by atomic mass is 10.2. The van der Waals surface area contributed by atoms with Gasteiger partial charge >= 0.3 is 0 Å². The highest BCUT2D eigenvalue weighted by Crippen LogP contribution is 2.17. The van der Waals surface area contributed by atoms with Gasteiger partial charge in [-0.2, -0.15) is 0 Å². The van der Waals surface area contributed by atoms with E-state index in [1.165, 1.54) is 12.8 Å². The third-order valence-corrected chi connectivity index (χ3v) is 3.56. The van der Waals surface area contributed by atoms with E-state index in [9.17, 15) is 4.79 Å². The summed E-state index contributed by atoms with van der Waals surface area (Å²) in [6.07, 6.45) is 4.25. The molecular formula is C12H17ClN2O. The summed E-state index contributed by atoms with van der Waals surface area (Å²) in [5.74, 6) is 0.698. The van der Waals surface area contributed by atoms with Gasteiger partial charge in [-0.15, -0.1) is 11.6 Å². The number of rotatable bonds is 4. The van der Waals surface area contributed by atoms with Crippen LogP contribution in [0.1, 0.15) is 12.8 Å². The number of halogens is 1. The molecule has 3 nitrogen and oxygen atoms in total. The topological polar surface area (TPSA) is 25.2 Å². The molecule has 1 saturated heterocycles. The largest absolute Gasteiger partial charge is 0.314 e. The quantitative estimate of drug-likeness (QED) is 0.747. The van der Waals surface area contributed by atoms with E-state index in [1.54, 1.807) is 16.7 Å². The lowest BCUT2D eigenvalue weighted by molar-refractivity contribution is 0.259. The Hall–Kier alpha value is -0.800. The summed E-state index contributed by atoms with van der Waals surface area (Å²) in [6.45, 7) is 2.79. The van der Waals surface area contributed by atoms with Crippen molar-refractivity contribution in [3.63, 3.8) is 0 Å². The summed E-state index contributed by atoms with van der Waals surface area (Å²) in [5, 5.41) is 0. The van der Waals surface area contributed by atoms with E-state index in [2.05, 4.69) is 4.90 Å². The fourth-order valence-corrected chi connectivity index (χ4v) is 2.60. The predicted octanol–water partition coefficient (Wildman–Crippen LogP) is 1.55. The van der Waals surface area contributed by atoms with Crippen molar-refractivity contribution in [1.82, 2.24) is 9.47 Å². The second kappa shape index (κ2) is 5.51. The molecule has 0 bridgehead atoms. The molecule has 88 valence electrons. The van der Waals surface area contributed by atoms with E-state index in [-0.39, 0.29) is 5.56 Å². The van der Waals surface area contributed by atoms with Crippen molar-refractivity contribution in [2.75, 3.05) is 19.0 Å². The number of aromatic nitrogens is 1. The molecule has 0 aromatic carbocycles. The molecule has 0 aliphatic carbocycles. The minimum absolute atomic E-state index is 0.0733. The molecule has 2 rings (SSSR count). The lowest BCUT2D eigenvalue weighted by Crippen LogP contribution is -2.35. The number of hydrogen-bond donors (Lipinski definition) is 0. The van der Waals surface area contributed by atoms with E-state index in [4.69, 9.17) is 11.6 Å². The van der Waals surface area contributed by atoms with Crippen molar-refractivity contribution in [3.8, 4) is 0 Å². The normalized spacial score (nSPS) is 21.4. The molecule has 1 aromatic rings. The molecule has 4 heteroatoms. The van der Waals surface area contributed by atoms with Crippen LogP contribution >= 0.6 is 11.6 Å². The van der Waals surface area contributed by atoms with Crippen LogP contribution in [-0.4, -0.2) is 34.5 Å². The van der Waals surface area contributed by atoms with Crippen LogP contribution in [0.25, 0.3) is 0 Å². The Morgan fingerprint density at radius 3 is 3.00 bits per heavy atom. The molecule has 1 aliphatic rings. The van der Waals surface area contributed by atoms with Gasteiger partial charge in [0.05, 0.1) is 0 Å².